The second kappa shape index (κ2) is 9.51. The highest BCUT2D eigenvalue weighted by Gasteiger charge is 2.24. The molecule has 0 unspecified atom stereocenters. The minimum absolute atomic E-state index is 0.198. The third-order valence-corrected chi connectivity index (χ3v) is 4.43. The molecule has 1 amide bonds. The normalized spacial score (nSPS) is 16.7. The van der Waals surface area contributed by atoms with Crippen LogP contribution >= 0.6 is 11.8 Å². The van der Waals surface area contributed by atoms with Gasteiger partial charge in [-0.3, -0.25) is 10.1 Å². The van der Waals surface area contributed by atoms with E-state index >= 15 is 0 Å². The Morgan fingerprint density at radius 2 is 2.25 bits per heavy atom. The molecule has 0 bridgehead atoms. The first-order valence-electron chi connectivity index (χ1n) is 8.23. The summed E-state index contributed by atoms with van der Waals surface area (Å²) in [7, 11) is 1.24. The van der Waals surface area contributed by atoms with E-state index in [9.17, 15) is 9.59 Å². The summed E-state index contributed by atoms with van der Waals surface area (Å²) >= 11 is 1.01. The number of imidazole rings is 1. The molecule has 2 aromatic rings. The average molecular weight is 399 g/mol. The number of para-hydroxylation sites is 1. The fourth-order valence-corrected chi connectivity index (χ4v) is 2.92. The Hall–Kier alpha value is -3.40. The largest absolute Gasteiger partial charge is 0.491 e. The number of carbonyl (C=O) groups excluding carboxylic acids is 2. The van der Waals surface area contributed by atoms with E-state index in [1.807, 2.05) is 35.0 Å². The summed E-state index contributed by atoms with van der Waals surface area (Å²) in [5.41, 5.74) is 0.747. The topological polar surface area (TPSA) is 107 Å². The molecule has 1 N–H and O–H groups in total. The zero-order chi connectivity index (χ0) is 19.8. The second-order valence-electron chi connectivity index (χ2n) is 5.42. The number of aromatic nitrogens is 2. The van der Waals surface area contributed by atoms with Crippen LogP contribution in [0.15, 0.2) is 64.2 Å². The van der Waals surface area contributed by atoms with Crippen molar-refractivity contribution >= 4 is 35.0 Å². The first kappa shape index (κ1) is 19.4. The third kappa shape index (κ3) is 5.30. The lowest BCUT2D eigenvalue weighted by atomic mass is 10.2. The lowest BCUT2D eigenvalue weighted by Gasteiger charge is -2.08. The minimum Gasteiger partial charge on any atom is -0.491 e. The van der Waals surface area contributed by atoms with Gasteiger partial charge in [0.05, 0.1) is 31.1 Å². The second-order valence-corrected chi connectivity index (χ2v) is 6.46. The van der Waals surface area contributed by atoms with E-state index in [2.05, 4.69) is 25.2 Å². The van der Waals surface area contributed by atoms with Crippen molar-refractivity contribution in [3.8, 4) is 5.75 Å². The Kier molecular flexibility index (Phi) is 6.58. The molecule has 1 fully saturated rings. The van der Waals surface area contributed by atoms with Crippen molar-refractivity contribution in [3.63, 3.8) is 0 Å². The molecular weight excluding hydrogens is 382 g/mol. The Labute approximate surface area is 165 Å². The number of carbonyl (C=O) groups is 2. The number of methoxy groups -OCH3 is 1. The molecule has 1 aromatic heterocycles. The molecule has 1 saturated heterocycles. The highest BCUT2D eigenvalue weighted by Crippen LogP contribution is 2.23. The van der Waals surface area contributed by atoms with Gasteiger partial charge >= 0.3 is 5.97 Å². The third-order valence-electron chi connectivity index (χ3n) is 3.53. The van der Waals surface area contributed by atoms with Gasteiger partial charge in [-0.05, 0) is 23.9 Å². The maximum atomic E-state index is 11.8. The van der Waals surface area contributed by atoms with Crippen LogP contribution in [0.3, 0.4) is 0 Å². The van der Waals surface area contributed by atoms with Gasteiger partial charge in [-0.2, -0.15) is 5.10 Å². The van der Waals surface area contributed by atoms with Crippen LogP contribution in [-0.4, -0.2) is 46.5 Å². The van der Waals surface area contributed by atoms with E-state index in [-0.39, 0.29) is 10.1 Å². The molecule has 144 valence electrons. The number of thioether (sulfide) groups is 1. The Morgan fingerprint density at radius 1 is 1.39 bits per heavy atom. The fourth-order valence-electron chi connectivity index (χ4n) is 2.18. The van der Waals surface area contributed by atoms with Crippen molar-refractivity contribution in [1.29, 1.82) is 0 Å². The lowest BCUT2D eigenvalue weighted by Crippen LogP contribution is -2.19. The molecule has 0 aliphatic carbocycles. The van der Waals surface area contributed by atoms with Crippen LogP contribution in [0.1, 0.15) is 5.56 Å². The summed E-state index contributed by atoms with van der Waals surface area (Å²) in [4.78, 5) is 27.2. The van der Waals surface area contributed by atoms with E-state index in [4.69, 9.17) is 4.74 Å². The maximum Gasteiger partial charge on any atom is 0.331 e. The van der Waals surface area contributed by atoms with Crippen molar-refractivity contribution in [2.75, 3.05) is 13.7 Å². The summed E-state index contributed by atoms with van der Waals surface area (Å²) in [6.07, 6.45) is 7.95. The van der Waals surface area contributed by atoms with Crippen molar-refractivity contribution in [1.82, 2.24) is 14.9 Å². The summed E-state index contributed by atoms with van der Waals surface area (Å²) in [6, 6.07) is 7.41. The highest BCUT2D eigenvalue weighted by molar-refractivity contribution is 8.18. The van der Waals surface area contributed by atoms with Crippen LogP contribution in [0.25, 0.3) is 0 Å². The van der Waals surface area contributed by atoms with Crippen molar-refractivity contribution in [2.45, 2.75) is 6.54 Å². The van der Waals surface area contributed by atoms with Crippen LogP contribution < -0.4 is 10.1 Å². The zero-order valence-corrected chi connectivity index (χ0v) is 15.8. The van der Waals surface area contributed by atoms with E-state index in [0.717, 1.165) is 23.4 Å². The first-order chi connectivity index (χ1) is 13.7. The van der Waals surface area contributed by atoms with Gasteiger partial charge in [-0.15, -0.1) is 5.10 Å². The van der Waals surface area contributed by atoms with Crippen molar-refractivity contribution < 1.29 is 19.1 Å². The summed E-state index contributed by atoms with van der Waals surface area (Å²) in [6.45, 7) is 1.15. The quantitative estimate of drug-likeness (QED) is 0.328. The van der Waals surface area contributed by atoms with Crippen LogP contribution in [0, 0.1) is 0 Å². The van der Waals surface area contributed by atoms with Gasteiger partial charge in [0.1, 0.15) is 12.4 Å². The molecule has 3 rings (SSSR count). The fraction of sp³-hybridized carbons (Fsp3) is 0.167. The standard InChI is InChI=1S/C18H17N5O4S/c1-26-16(24)10-15-17(25)21-18(28-15)22-20-11-13-4-2-3-5-14(13)27-9-8-23-7-6-19-12-23/h2-7,10-12H,8-9H2,1H3,(H,21,22,25)/b15-10+,20-11?. The van der Waals surface area contributed by atoms with Gasteiger partial charge in [0.15, 0.2) is 5.17 Å². The monoisotopic (exact) mass is 399 g/mol. The number of amides is 1. The van der Waals surface area contributed by atoms with Crippen LogP contribution in [0.5, 0.6) is 5.75 Å². The number of ether oxygens (including phenoxy) is 2. The molecule has 2 heterocycles. The SMILES string of the molecule is COC(=O)/C=C1/S/C(=N\N=Cc2ccccc2OCCn2ccnc2)NC1=O. The Balaban J connectivity index is 1.61. The predicted molar refractivity (Wildman–Crippen MR) is 105 cm³/mol. The van der Waals surface area contributed by atoms with Crippen LogP contribution in [-0.2, 0) is 20.9 Å². The first-order valence-corrected chi connectivity index (χ1v) is 9.05. The van der Waals surface area contributed by atoms with E-state index in [1.165, 1.54) is 13.3 Å². The number of amidine groups is 1. The number of hydrogen-bond acceptors (Lipinski definition) is 8. The van der Waals surface area contributed by atoms with Crippen molar-refractivity contribution in [3.05, 3.63) is 59.5 Å². The zero-order valence-electron chi connectivity index (χ0n) is 14.9. The molecule has 0 spiro atoms. The van der Waals surface area contributed by atoms with Gasteiger partial charge < -0.3 is 14.0 Å². The lowest BCUT2D eigenvalue weighted by molar-refractivity contribution is -0.135. The number of hydrogen-bond donors (Lipinski definition) is 1. The van der Waals surface area contributed by atoms with Crippen LogP contribution in [0.4, 0.5) is 0 Å². The smallest absolute Gasteiger partial charge is 0.331 e. The molecule has 1 aliphatic rings. The number of nitrogens with zero attached hydrogens (tertiary/aromatic N) is 4. The van der Waals surface area contributed by atoms with Gasteiger partial charge in [0.2, 0.25) is 0 Å². The molecule has 0 radical (unpaired) electrons. The Morgan fingerprint density at radius 3 is 3.04 bits per heavy atom. The molecule has 0 atom stereocenters. The minimum atomic E-state index is -0.607. The van der Waals surface area contributed by atoms with E-state index in [1.54, 1.807) is 12.5 Å². The molecule has 0 saturated carbocycles. The number of rotatable bonds is 7. The highest BCUT2D eigenvalue weighted by atomic mass is 32.2. The summed E-state index contributed by atoms with van der Waals surface area (Å²) in [5.74, 6) is -0.363. The van der Waals surface area contributed by atoms with Crippen LogP contribution in [0.2, 0.25) is 0 Å². The predicted octanol–water partition coefficient (Wildman–Crippen LogP) is 1.57. The van der Waals surface area contributed by atoms with E-state index in [0.29, 0.717) is 18.9 Å². The maximum absolute atomic E-state index is 11.8. The summed E-state index contributed by atoms with van der Waals surface area (Å²) < 4.78 is 12.2. The molecule has 28 heavy (non-hydrogen) atoms. The van der Waals surface area contributed by atoms with Crippen molar-refractivity contribution in [2.24, 2.45) is 10.2 Å². The molecule has 9 nitrogen and oxygen atoms in total. The average Bonchev–Trinajstić information content (AvgIpc) is 3.33. The Bertz CT molecular complexity index is 937. The molecule has 10 heteroatoms. The molecular formula is C18H17N5O4S. The number of nitrogens with one attached hydrogen (secondary N) is 1. The van der Waals surface area contributed by atoms with Gasteiger partial charge in [0.25, 0.3) is 5.91 Å². The van der Waals surface area contributed by atoms with Gasteiger partial charge in [0, 0.05) is 24.0 Å². The van der Waals surface area contributed by atoms with Gasteiger partial charge in [-0.25, -0.2) is 9.78 Å². The van der Waals surface area contributed by atoms with E-state index < -0.39 is 11.9 Å². The summed E-state index contributed by atoms with van der Waals surface area (Å²) in [5, 5.41) is 10.8. The molecule has 1 aromatic carbocycles. The number of benzene rings is 1. The molecule has 1 aliphatic heterocycles. The number of esters is 1. The van der Waals surface area contributed by atoms with Gasteiger partial charge in [-0.1, -0.05) is 12.1 Å².